The normalized spacial score (nSPS) is 17.1. The maximum atomic E-state index is 12.9. The molecule has 5 N–H and O–H groups in total. The second-order valence-electron chi connectivity index (χ2n) is 7.46. The molecule has 0 saturated heterocycles. The molecule has 0 fully saturated rings. The first-order chi connectivity index (χ1) is 13.2. The summed E-state index contributed by atoms with van der Waals surface area (Å²) in [6.45, 7) is 4.19. The summed E-state index contributed by atoms with van der Waals surface area (Å²) >= 11 is 6.32. The molecule has 1 aliphatic rings. The maximum absolute atomic E-state index is 12.9. The van der Waals surface area contributed by atoms with Crippen LogP contribution in [-0.2, 0) is 16.8 Å². The average Bonchev–Trinajstić information content (AvgIpc) is 2.95. The molecule has 0 radical (unpaired) electrons. The van der Waals surface area contributed by atoms with Gasteiger partial charge in [0.05, 0.1) is 5.69 Å². The number of nitrogens with zero attached hydrogens (tertiary/aromatic N) is 2. The third-order valence-electron chi connectivity index (χ3n) is 5.00. The lowest BCUT2D eigenvalue weighted by Gasteiger charge is -2.18. The number of amides is 1. The molecule has 0 bridgehead atoms. The van der Waals surface area contributed by atoms with Crippen LogP contribution in [0.4, 0.5) is 5.82 Å². The molecule has 28 heavy (non-hydrogen) atoms. The Labute approximate surface area is 167 Å². The van der Waals surface area contributed by atoms with Gasteiger partial charge in [0, 0.05) is 24.6 Å². The van der Waals surface area contributed by atoms with E-state index in [4.69, 9.17) is 22.7 Å². The van der Waals surface area contributed by atoms with Gasteiger partial charge in [-0.3, -0.25) is 19.6 Å². The summed E-state index contributed by atoms with van der Waals surface area (Å²) in [4.78, 5) is 29.8. The van der Waals surface area contributed by atoms with Crippen molar-refractivity contribution >= 4 is 29.2 Å². The highest BCUT2D eigenvalue weighted by molar-refractivity contribution is 6.30. The van der Waals surface area contributed by atoms with Crippen LogP contribution in [0.3, 0.4) is 0 Å². The van der Waals surface area contributed by atoms with Crippen molar-refractivity contribution in [2.24, 2.45) is 5.73 Å². The maximum Gasteiger partial charge on any atom is 0.294 e. The summed E-state index contributed by atoms with van der Waals surface area (Å²) in [5, 5.41) is 13.3. The summed E-state index contributed by atoms with van der Waals surface area (Å²) in [6, 6.07) is 6.40. The standard InChI is InChI=1S/C19H23ClN6O2/c1-19(2)8-12(26-13(19)14(20)25-16(23-3)18(26)28)17(27)24-9-10-4-6-11(7-5-10)15(21)22/h4-7,12H,8-9H2,1-3H3,(H3,21,22)(H,23,25)(H,24,27). The topological polar surface area (TPSA) is 126 Å². The number of rotatable bonds is 5. The van der Waals surface area contributed by atoms with E-state index in [0.29, 0.717) is 24.2 Å². The molecule has 148 valence electrons. The highest BCUT2D eigenvalue weighted by Crippen LogP contribution is 2.42. The van der Waals surface area contributed by atoms with Gasteiger partial charge < -0.3 is 16.4 Å². The summed E-state index contributed by atoms with van der Waals surface area (Å²) in [5.74, 6) is -0.149. The third-order valence-corrected chi connectivity index (χ3v) is 5.26. The number of hydrogen-bond acceptors (Lipinski definition) is 5. The third kappa shape index (κ3) is 3.47. The second kappa shape index (κ2) is 7.27. The van der Waals surface area contributed by atoms with Crippen molar-refractivity contribution in [1.29, 1.82) is 5.41 Å². The average molecular weight is 403 g/mol. The van der Waals surface area contributed by atoms with E-state index in [-0.39, 0.29) is 28.3 Å². The Balaban J connectivity index is 1.85. The van der Waals surface area contributed by atoms with Gasteiger partial charge in [-0.25, -0.2) is 4.98 Å². The Morgan fingerprint density at radius 2 is 2.04 bits per heavy atom. The molecule has 9 heteroatoms. The number of halogens is 1. The van der Waals surface area contributed by atoms with Gasteiger partial charge in [-0.2, -0.15) is 0 Å². The number of nitrogens with two attached hydrogens (primary N) is 1. The Kier molecular flexibility index (Phi) is 5.16. The number of amidine groups is 1. The molecule has 3 rings (SSSR count). The Hall–Kier alpha value is -2.87. The minimum atomic E-state index is -0.665. The van der Waals surface area contributed by atoms with Gasteiger partial charge in [-0.05, 0) is 12.0 Å². The lowest BCUT2D eigenvalue weighted by Crippen LogP contribution is -2.36. The molecule has 0 spiro atoms. The van der Waals surface area contributed by atoms with Gasteiger partial charge in [-0.1, -0.05) is 49.7 Å². The van der Waals surface area contributed by atoms with Gasteiger partial charge in [0.1, 0.15) is 11.9 Å². The van der Waals surface area contributed by atoms with Crippen molar-refractivity contribution in [2.45, 2.75) is 38.3 Å². The summed E-state index contributed by atoms with van der Waals surface area (Å²) in [5.41, 5.74) is 6.69. The van der Waals surface area contributed by atoms with Crippen LogP contribution in [0.1, 0.15) is 43.1 Å². The summed E-state index contributed by atoms with van der Waals surface area (Å²) < 4.78 is 1.45. The fourth-order valence-corrected chi connectivity index (χ4v) is 4.00. The van der Waals surface area contributed by atoms with E-state index in [0.717, 1.165) is 5.56 Å². The van der Waals surface area contributed by atoms with Crippen molar-refractivity contribution in [3.8, 4) is 0 Å². The quantitative estimate of drug-likeness (QED) is 0.448. The smallest absolute Gasteiger partial charge is 0.294 e. The van der Waals surface area contributed by atoms with Gasteiger partial charge in [0.15, 0.2) is 11.0 Å². The van der Waals surface area contributed by atoms with Gasteiger partial charge >= 0.3 is 0 Å². The highest BCUT2D eigenvalue weighted by Gasteiger charge is 2.43. The molecule has 0 aliphatic carbocycles. The number of carbonyl (C=O) groups excluding carboxylic acids is 1. The van der Waals surface area contributed by atoms with Crippen molar-refractivity contribution in [3.63, 3.8) is 0 Å². The van der Waals surface area contributed by atoms with Crippen molar-refractivity contribution in [2.75, 3.05) is 12.4 Å². The number of nitrogen functional groups attached to an aromatic ring is 1. The molecule has 0 saturated carbocycles. The first kappa shape index (κ1) is 19.9. The monoisotopic (exact) mass is 402 g/mol. The van der Waals surface area contributed by atoms with Crippen molar-refractivity contribution < 1.29 is 4.79 Å². The molecule has 2 heterocycles. The van der Waals surface area contributed by atoms with Gasteiger partial charge in [0.2, 0.25) is 5.91 Å². The van der Waals surface area contributed by atoms with Crippen LogP contribution in [0.5, 0.6) is 0 Å². The molecule has 1 aromatic carbocycles. The number of benzene rings is 1. The van der Waals surface area contributed by atoms with Crippen LogP contribution in [0, 0.1) is 5.41 Å². The van der Waals surface area contributed by atoms with Crippen LogP contribution in [0.15, 0.2) is 29.1 Å². The Bertz CT molecular complexity index is 997. The van der Waals surface area contributed by atoms with E-state index in [1.807, 2.05) is 13.8 Å². The van der Waals surface area contributed by atoms with Gasteiger partial charge in [-0.15, -0.1) is 0 Å². The zero-order chi connectivity index (χ0) is 20.6. The predicted molar refractivity (Wildman–Crippen MR) is 109 cm³/mol. The Morgan fingerprint density at radius 1 is 1.39 bits per heavy atom. The number of fused-ring (bicyclic) bond motifs is 1. The predicted octanol–water partition coefficient (Wildman–Crippen LogP) is 1.76. The lowest BCUT2D eigenvalue weighted by molar-refractivity contribution is -0.124. The van der Waals surface area contributed by atoms with Gasteiger partial charge in [0.25, 0.3) is 5.56 Å². The number of anilines is 1. The molecule has 1 unspecified atom stereocenters. The molecular weight excluding hydrogens is 380 g/mol. The number of nitrogens with one attached hydrogen (secondary N) is 3. The molecule has 1 amide bonds. The lowest BCUT2D eigenvalue weighted by atomic mass is 9.87. The van der Waals surface area contributed by atoms with Crippen molar-refractivity contribution in [3.05, 3.63) is 56.6 Å². The molecule has 8 nitrogen and oxygen atoms in total. The van der Waals surface area contributed by atoms with Crippen LogP contribution >= 0.6 is 11.6 Å². The second-order valence-corrected chi connectivity index (χ2v) is 7.82. The molecule has 1 aromatic heterocycles. The zero-order valence-corrected chi connectivity index (χ0v) is 16.7. The minimum Gasteiger partial charge on any atom is -0.384 e. The summed E-state index contributed by atoms with van der Waals surface area (Å²) in [7, 11) is 1.59. The first-order valence-corrected chi connectivity index (χ1v) is 9.25. The van der Waals surface area contributed by atoms with E-state index in [1.165, 1.54) is 4.57 Å². The van der Waals surface area contributed by atoms with Crippen LogP contribution in [-0.4, -0.2) is 28.3 Å². The van der Waals surface area contributed by atoms with Crippen molar-refractivity contribution in [1.82, 2.24) is 14.9 Å². The molecule has 1 atom stereocenters. The molecule has 1 aliphatic heterocycles. The fourth-order valence-electron chi connectivity index (χ4n) is 3.57. The largest absolute Gasteiger partial charge is 0.384 e. The zero-order valence-electron chi connectivity index (χ0n) is 16.0. The Morgan fingerprint density at radius 3 is 2.61 bits per heavy atom. The van der Waals surface area contributed by atoms with E-state index in [1.54, 1.807) is 31.3 Å². The SMILES string of the molecule is CNc1nc(Cl)c2n(c1=O)C(C(=O)NCc1ccc(C(=N)N)cc1)CC2(C)C. The van der Waals surface area contributed by atoms with Crippen LogP contribution < -0.4 is 21.9 Å². The highest BCUT2D eigenvalue weighted by atomic mass is 35.5. The van der Waals surface area contributed by atoms with Crippen LogP contribution in [0.2, 0.25) is 5.15 Å². The first-order valence-electron chi connectivity index (χ1n) is 8.87. The fraction of sp³-hybridized carbons (Fsp3) is 0.368. The van der Waals surface area contributed by atoms with E-state index in [2.05, 4.69) is 15.6 Å². The molecule has 2 aromatic rings. The van der Waals surface area contributed by atoms with E-state index >= 15 is 0 Å². The van der Waals surface area contributed by atoms with E-state index in [9.17, 15) is 9.59 Å². The number of hydrogen-bond donors (Lipinski definition) is 4. The number of carbonyl (C=O) groups is 1. The van der Waals surface area contributed by atoms with Crippen LogP contribution in [0.25, 0.3) is 0 Å². The molecular formula is C19H23ClN6O2. The summed E-state index contributed by atoms with van der Waals surface area (Å²) in [6.07, 6.45) is 0.450. The van der Waals surface area contributed by atoms with E-state index < -0.39 is 11.5 Å². The number of aromatic nitrogens is 2. The minimum absolute atomic E-state index is 0.00872.